The van der Waals surface area contributed by atoms with Crippen molar-refractivity contribution in [3.63, 3.8) is 0 Å². The number of hydrogen-bond acceptors (Lipinski definition) is 3. The molecule has 0 spiro atoms. The predicted molar refractivity (Wildman–Crippen MR) is 95.9 cm³/mol. The van der Waals surface area contributed by atoms with E-state index in [9.17, 15) is 18.4 Å². The Balaban J connectivity index is 2.03. The van der Waals surface area contributed by atoms with Gasteiger partial charge >= 0.3 is 0 Å². The second-order valence-corrected chi connectivity index (χ2v) is 7.34. The van der Waals surface area contributed by atoms with Gasteiger partial charge in [0.05, 0.1) is 5.25 Å². The van der Waals surface area contributed by atoms with Gasteiger partial charge in [-0.05, 0) is 49.4 Å². The minimum Gasteiger partial charge on any atom is -0.326 e. The van der Waals surface area contributed by atoms with Gasteiger partial charge in [0.2, 0.25) is 5.91 Å². The van der Waals surface area contributed by atoms with Gasteiger partial charge in [-0.2, -0.15) is 0 Å². The molecule has 1 atom stereocenters. The summed E-state index contributed by atoms with van der Waals surface area (Å²) in [5, 5.41) is 2.30. The molecule has 0 saturated carbocycles. The van der Waals surface area contributed by atoms with E-state index in [-0.39, 0.29) is 17.6 Å². The highest BCUT2D eigenvalue weighted by molar-refractivity contribution is 8.00. The molecule has 1 N–H and O–H groups in total. The highest BCUT2D eigenvalue weighted by atomic mass is 32.2. The first-order chi connectivity index (χ1) is 11.8. The fraction of sp³-hybridized carbons (Fsp3) is 0.263. The van der Waals surface area contributed by atoms with Crippen molar-refractivity contribution in [2.45, 2.75) is 30.9 Å². The maximum atomic E-state index is 13.3. The molecule has 2 aromatic carbocycles. The lowest BCUT2D eigenvalue weighted by atomic mass is 10.1. The molecule has 0 aliphatic heterocycles. The molecule has 0 fully saturated rings. The highest BCUT2D eigenvalue weighted by Gasteiger charge is 2.17. The molecule has 0 bridgehead atoms. The van der Waals surface area contributed by atoms with Crippen LogP contribution >= 0.6 is 11.8 Å². The van der Waals surface area contributed by atoms with Crippen molar-refractivity contribution in [3.05, 3.63) is 59.7 Å². The minimum atomic E-state index is -0.935. The van der Waals surface area contributed by atoms with Crippen molar-refractivity contribution >= 4 is 29.1 Å². The Morgan fingerprint density at radius 3 is 2.16 bits per heavy atom. The topological polar surface area (TPSA) is 46.2 Å². The summed E-state index contributed by atoms with van der Waals surface area (Å²) < 4.78 is 26.2. The lowest BCUT2D eigenvalue weighted by molar-refractivity contribution is -0.118. The number of carbonyl (C=O) groups excluding carboxylic acids is 2. The lowest BCUT2D eigenvalue weighted by Gasteiger charge is -2.12. The number of ketones is 1. The standard InChI is InChI=1S/C19H19F2NO2S/c1-11(2)19(24)22-14-6-4-13(5-7-14)18(23)12(3)25-15-8-9-16(20)17(21)10-15/h4-12H,1-3H3,(H,22,24)/t12-/m1/s1. The first-order valence-electron chi connectivity index (χ1n) is 7.84. The molecular formula is C19H19F2NO2S. The predicted octanol–water partition coefficient (Wildman–Crippen LogP) is 4.92. The number of Topliss-reactive ketones (excluding diaryl/α,β-unsaturated/α-hetero) is 1. The van der Waals surface area contributed by atoms with Gasteiger partial charge in [0.1, 0.15) is 0 Å². The van der Waals surface area contributed by atoms with E-state index in [1.54, 1.807) is 45.0 Å². The van der Waals surface area contributed by atoms with E-state index < -0.39 is 16.9 Å². The van der Waals surface area contributed by atoms with Crippen LogP contribution < -0.4 is 5.32 Å². The van der Waals surface area contributed by atoms with Gasteiger partial charge in [0.15, 0.2) is 17.4 Å². The monoisotopic (exact) mass is 363 g/mol. The number of nitrogens with one attached hydrogen (secondary N) is 1. The third-order valence-electron chi connectivity index (χ3n) is 3.53. The summed E-state index contributed by atoms with van der Waals surface area (Å²) in [6.45, 7) is 5.30. The average molecular weight is 363 g/mol. The molecule has 0 aliphatic carbocycles. The van der Waals surface area contributed by atoms with E-state index in [0.29, 0.717) is 16.1 Å². The third kappa shape index (κ3) is 5.13. The maximum Gasteiger partial charge on any atom is 0.226 e. The van der Waals surface area contributed by atoms with E-state index in [2.05, 4.69) is 5.32 Å². The van der Waals surface area contributed by atoms with Crippen molar-refractivity contribution in [3.8, 4) is 0 Å². The van der Waals surface area contributed by atoms with Gasteiger partial charge in [-0.25, -0.2) is 8.78 Å². The summed E-state index contributed by atoms with van der Waals surface area (Å²) >= 11 is 1.16. The summed E-state index contributed by atoms with van der Waals surface area (Å²) in [5.41, 5.74) is 1.11. The van der Waals surface area contributed by atoms with Crippen molar-refractivity contribution in [1.29, 1.82) is 0 Å². The van der Waals surface area contributed by atoms with E-state index in [1.807, 2.05) is 0 Å². The molecule has 25 heavy (non-hydrogen) atoms. The van der Waals surface area contributed by atoms with Crippen molar-refractivity contribution < 1.29 is 18.4 Å². The summed E-state index contributed by atoms with van der Waals surface area (Å²) in [5.74, 6) is -2.20. The molecule has 2 aromatic rings. The van der Waals surface area contributed by atoms with E-state index in [0.717, 1.165) is 23.9 Å². The normalized spacial score (nSPS) is 12.1. The molecule has 1 amide bonds. The van der Waals surface area contributed by atoms with E-state index >= 15 is 0 Å². The number of rotatable bonds is 6. The van der Waals surface area contributed by atoms with Gasteiger partial charge in [0.25, 0.3) is 0 Å². The Morgan fingerprint density at radius 2 is 1.60 bits per heavy atom. The molecule has 0 saturated heterocycles. The van der Waals surface area contributed by atoms with Crippen LogP contribution in [0.3, 0.4) is 0 Å². The Morgan fingerprint density at radius 1 is 0.960 bits per heavy atom. The van der Waals surface area contributed by atoms with Crippen LogP contribution in [0.2, 0.25) is 0 Å². The van der Waals surface area contributed by atoms with Crippen LogP contribution in [-0.2, 0) is 4.79 Å². The fourth-order valence-corrected chi connectivity index (χ4v) is 3.02. The zero-order valence-electron chi connectivity index (χ0n) is 14.2. The van der Waals surface area contributed by atoms with Crippen molar-refractivity contribution in [2.75, 3.05) is 5.32 Å². The molecular weight excluding hydrogens is 344 g/mol. The third-order valence-corrected chi connectivity index (χ3v) is 4.63. The molecule has 132 valence electrons. The Bertz CT molecular complexity index is 775. The number of amides is 1. The Labute approximate surface area is 149 Å². The summed E-state index contributed by atoms with van der Waals surface area (Å²) in [6, 6.07) is 10.2. The van der Waals surface area contributed by atoms with Crippen LogP contribution in [0.15, 0.2) is 47.4 Å². The number of benzene rings is 2. The molecule has 0 radical (unpaired) electrons. The first-order valence-corrected chi connectivity index (χ1v) is 8.72. The molecule has 0 aliphatic rings. The van der Waals surface area contributed by atoms with Gasteiger partial charge in [0, 0.05) is 22.1 Å². The van der Waals surface area contributed by atoms with E-state index in [1.165, 1.54) is 6.07 Å². The van der Waals surface area contributed by atoms with E-state index in [4.69, 9.17) is 0 Å². The SMILES string of the molecule is CC(C)C(=O)Nc1ccc(C(=O)[C@@H](C)Sc2ccc(F)c(F)c2)cc1. The average Bonchev–Trinajstić information content (AvgIpc) is 2.58. The molecule has 0 heterocycles. The first kappa shape index (κ1) is 19.1. The largest absolute Gasteiger partial charge is 0.326 e. The maximum absolute atomic E-state index is 13.3. The van der Waals surface area contributed by atoms with Gasteiger partial charge < -0.3 is 5.32 Å². The van der Waals surface area contributed by atoms with Gasteiger partial charge in [-0.1, -0.05) is 13.8 Å². The lowest BCUT2D eigenvalue weighted by Crippen LogP contribution is -2.18. The molecule has 0 aromatic heterocycles. The second kappa shape index (κ2) is 8.25. The van der Waals surface area contributed by atoms with Gasteiger partial charge in [-0.3, -0.25) is 9.59 Å². The number of carbonyl (C=O) groups is 2. The molecule has 6 heteroatoms. The zero-order valence-corrected chi connectivity index (χ0v) is 15.0. The second-order valence-electron chi connectivity index (χ2n) is 5.92. The number of hydrogen-bond donors (Lipinski definition) is 1. The number of thioether (sulfide) groups is 1. The minimum absolute atomic E-state index is 0.0960. The number of halogens is 2. The van der Waals surface area contributed by atoms with Crippen LogP contribution in [0.25, 0.3) is 0 Å². The Hall–Kier alpha value is -2.21. The number of anilines is 1. The summed E-state index contributed by atoms with van der Waals surface area (Å²) in [6.07, 6.45) is 0. The van der Waals surface area contributed by atoms with Crippen LogP contribution in [-0.4, -0.2) is 16.9 Å². The zero-order chi connectivity index (χ0) is 18.6. The summed E-state index contributed by atoms with van der Waals surface area (Å²) in [7, 11) is 0. The smallest absolute Gasteiger partial charge is 0.226 e. The highest BCUT2D eigenvalue weighted by Crippen LogP contribution is 2.27. The molecule has 2 rings (SSSR count). The molecule has 0 unspecified atom stereocenters. The summed E-state index contributed by atoms with van der Waals surface area (Å²) in [4.78, 5) is 24.6. The quantitative estimate of drug-likeness (QED) is 0.585. The van der Waals surface area contributed by atoms with Crippen LogP contribution in [0.1, 0.15) is 31.1 Å². The van der Waals surface area contributed by atoms with Crippen LogP contribution in [0.4, 0.5) is 14.5 Å². The van der Waals surface area contributed by atoms with Crippen molar-refractivity contribution in [1.82, 2.24) is 0 Å². The molecule has 3 nitrogen and oxygen atoms in total. The van der Waals surface area contributed by atoms with Crippen LogP contribution in [0, 0.1) is 17.6 Å². The Kier molecular flexibility index (Phi) is 6.31. The fourth-order valence-electron chi connectivity index (χ4n) is 2.05. The van der Waals surface area contributed by atoms with Gasteiger partial charge in [-0.15, -0.1) is 11.8 Å². The van der Waals surface area contributed by atoms with Crippen LogP contribution in [0.5, 0.6) is 0 Å². The van der Waals surface area contributed by atoms with Crippen molar-refractivity contribution in [2.24, 2.45) is 5.92 Å².